The van der Waals surface area contributed by atoms with Gasteiger partial charge in [-0.05, 0) is 70.8 Å². The molecule has 11 aromatic rings. The fourth-order valence-electron chi connectivity index (χ4n) is 10.2. The molecular weight excluding hydrogens is 799 g/mol. The molecular formula is C58H37N5S. The van der Waals surface area contributed by atoms with Crippen molar-refractivity contribution < 1.29 is 0 Å². The summed E-state index contributed by atoms with van der Waals surface area (Å²) < 4.78 is 2.47. The van der Waals surface area contributed by atoms with Crippen LogP contribution in [0.2, 0.25) is 0 Å². The molecule has 2 aliphatic heterocycles. The number of anilines is 3. The molecule has 2 aromatic heterocycles. The number of benzene rings is 9. The third kappa shape index (κ3) is 5.42. The van der Waals surface area contributed by atoms with E-state index >= 15 is 0 Å². The van der Waals surface area contributed by atoms with Crippen LogP contribution in [0.1, 0.15) is 22.3 Å². The summed E-state index contributed by atoms with van der Waals surface area (Å²) in [5.74, 6) is 1.90. The molecule has 64 heavy (non-hydrogen) atoms. The van der Waals surface area contributed by atoms with Crippen LogP contribution in [0.3, 0.4) is 0 Å². The Bertz CT molecular complexity index is 3500. The molecule has 1 spiro atoms. The van der Waals surface area contributed by atoms with Crippen molar-refractivity contribution in [2.75, 3.05) is 4.90 Å². The van der Waals surface area contributed by atoms with Gasteiger partial charge in [0.2, 0.25) is 0 Å². The van der Waals surface area contributed by atoms with Crippen LogP contribution in [-0.4, -0.2) is 19.5 Å². The van der Waals surface area contributed by atoms with E-state index in [1.54, 1.807) is 0 Å². The Balaban J connectivity index is 1.08. The zero-order valence-corrected chi connectivity index (χ0v) is 35.3. The summed E-state index contributed by atoms with van der Waals surface area (Å²) in [5.41, 5.74) is 14.1. The predicted molar refractivity (Wildman–Crippen MR) is 261 cm³/mol. The van der Waals surface area contributed by atoms with Crippen LogP contribution >= 0.6 is 11.8 Å². The molecule has 0 atom stereocenters. The van der Waals surface area contributed by atoms with Crippen molar-refractivity contribution in [1.29, 1.82) is 0 Å². The third-order valence-electron chi connectivity index (χ3n) is 12.9. The lowest BCUT2D eigenvalue weighted by atomic mass is 9.62. The van der Waals surface area contributed by atoms with Gasteiger partial charge < -0.3 is 9.47 Å². The van der Waals surface area contributed by atoms with Crippen molar-refractivity contribution in [2.24, 2.45) is 0 Å². The highest BCUT2D eigenvalue weighted by Crippen LogP contribution is 2.64. The lowest BCUT2D eigenvalue weighted by Gasteiger charge is -2.49. The molecule has 0 amide bonds. The topological polar surface area (TPSA) is 46.8 Å². The Kier molecular flexibility index (Phi) is 8.30. The highest BCUT2D eigenvalue weighted by atomic mass is 32.2. The number of rotatable bonds is 5. The summed E-state index contributed by atoms with van der Waals surface area (Å²) in [7, 11) is 0. The number of aromatic nitrogens is 4. The van der Waals surface area contributed by atoms with Crippen LogP contribution < -0.4 is 4.90 Å². The maximum Gasteiger partial charge on any atom is 0.164 e. The second-order valence-electron chi connectivity index (χ2n) is 16.3. The number of hydrogen-bond donors (Lipinski definition) is 0. The molecule has 2 aliphatic rings. The van der Waals surface area contributed by atoms with Crippen LogP contribution in [0.5, 0.6) is 0 Å². The first-order chi connectivity index (χ1) is 31.8. The number of nitrogens with zero attached hydrogens (tertiary/aromatic N) is 5. The van der Waals surface area contributed by atoms with Crippen LogP contribution in [0.25, 0.3) is 61.7 Å². The maximum atomic E-state index is 5.13. The summed E-state index contributed by atoms with van der Waals surface area (Å²) in [5, 5.41) is 2.42. The van der Waals surface area contributed by atoms with E-state index in [9.17, 15) is 0 Å². The Morgan fingerprint density at radius 1 is 0.375 bits per heavy atom. The lowest BCUT2D eigenvalue weighted by molar-refractivity contribution is 0.694. The van der Waals surface area contributed by atoms with Gasteiger partial charge in [-0.25, -0.2) is 15.0 Å². The van der Waals surface area contributed by atoms with Gasteiger partial charge in [0.05, 0.1) is 27.8 Å². The van der Waals surface area contributed by atoms with Gasteiger partial charge >= 0.3 is 0 Å². The molecule has 0 saturated heterocycles. The molecule has 0 aliphatic carbocycles. The van der Waals surface area contributed by atoms with Crippen molar-refractivity contribution in [3.05, 3.63) is 247 Å². The minimum Gasteiger partial charge on any atom is -0.310 e. The van der Waals surface area contributed by atoms with Crippen molar-refractivity contribution >= 4 is 50.6 Å². The second-order valence-corrected chi connectivity index (χ2v) is 17.4. The van der Waals surface area contributed by atoms with E-state index in [1.165, 1.54) is 59.7 Å². The Morgan fingerprint density at radius 2 is 0.891 bits per heavy atom. The molecule has 13 rings (SSSR count). The first kappa shape index (κ1) is 36.6. The molecule has 0 unspecified atom stereocenters. The zero-order valence-electron chi connectivity index (χ0n) is 34.5. The Morgan fingerprint density at radius 3 is 1.56 bits per heavy atom. The molecule has 300 valence electrons. The van der Waals surface area contributed by atoms with Gasteiger partial charge in [-0.3, -0.25) is 0 Å². The average Bonchev–Trinajstić information content (AvgIpc) is 3.72. The second kappa shape index (κ2) is 14.5. The third-order valence-corrected chi connectivity index (χ3v) is 14.1. The molecule has 0 fully saturated rings. The summed E-state index contributed by atoms with van der Waals surface area (Å²) in [6.45, 7) is 0. The normalized spacial score (nSPS) is 13.3. The quantitative estimate of drug-likeness (QED) is 0.173. The molecule has 0 bridgehead atoms. The van der Waals surface area contributed by atoms with Gasteiger partial charge in [-0.2, -0.15) is 0 Å². The van der Waals surface area contributed by atoms with E-state index in [2.05, 4.69) is 198 Å². The van der Waals surface area contributed by atoms with Gasteiger partial charge in [0.1, 0.15) is 0 Å². The van der Waals surface area contributed by atoms with E-state index in [0.717, 1.165) is 33.6 Å². The minimum absolute atomic E-state index is 0.612. The van der Waals surface area contributed by atoms with E-state index in [0.29, 0.717) is 17.5 Å². The maximum absolute atomic E-state index is 5.13. The first-order valence-corrected chi connectivity index (χ1v) is 22.4. The summed E-state index contributed by atoms with van der Waals surface area (Å²) in [6.07, 6.45) is 0. The van der Waals surface area contributed by atoms with E-state index < -0.39 is 5.41 Å². The van der Waals surface area contributed by atoms with Crippen molar-refractivity contribution in [3.8, 4) is 39.9 Å². The molecule has 0 saturated carbocycles. The predicted octanol–water partition coefficient (Wildman–Crippen LogP) is 14.6. The largest absolute Gasteiger partial charge is 0.310 e. The van der Waals surface area contributed by atoms with Crippen molar-refractivity contribution in [1.82, 2.24) is 19.5 Å². The van der Waals surface area contributed by atoms with Gasteiger partial charge in [-0.1, -0.05) is 188 Å². The highest BCUT2D eigenvalue weighted by Gasteiger charge is 2.51. The average molecular weight is 836 g/mol. The molecule has 0 radical (unpaired) electrons. The van der Waals surface area contributed by atoms with Crippen LogP contribution in [0.4, 0.5) is 17.1 Å². The Labute approximate surface area is 375 Å². The van der Waals surface area contributed by atoms with Crippen molar-refractivity contribution in [3.63, 3.8) is 0 Å². The van der Waals surface area contributed by atoms with Crippen LogP contribution in [-0.2, 0) is 5.41 Å². The zero-order chi connectivity index (χ0) is 42.2. The number of para-hydroxylation sites is 4. The molecule has 5 nitrogen and oxygen atoms in total. The SMILES string of the molecule is c1ccc(-c2nc(-c3ccccc3)nc(-c3cccc(-n4c5ccccc5c5ccc6c(c54)Sc4ccccc4C64c5ccccc5N(c5ccccc5)c5ccccc54)c3)n2)cc1. The fraction of sp³-hybridized carbons (Fsp3) is 0.0172. The van der Waals surface area contributed by atoms with Gasteiger partial charge in [-0.15, -0.1) is 0 Å². The highest BCUT2D eigenvalue weighted by molar-refractivity contribution is 7.99. The van der Waals surface area contributed by atoms with E-state index in [1.807, 2.05) is 48.2 Å². The van der Waals surface area contributed by atoms with Gasteiger partial charge in [0.15, 0.2) is 17.5 Å². The first-order valence-electron chi connectivity index (χ1n) is 21.6. The molecule has 0 N–H and O–H groups in total. The minimum atomic E-state index is -0.612. The van der Waals surface area contributed by atoms with E-state index in [-0.39, 0.29) is 0 Å². The standard InChI is InChI=1S/C58H37N5S/c1-4-19-38(20-5-1)55-59-56(39-21-6-2-7-22-39)61-57(60-55)40-23-18-26-42(37-40)63-49-31-14-10-27-43(49)44-35-36-48-54(53(44)63)64-52-34-17-13-30-47(52)58(48)45-28-11-15-32-50(45)62(41-24-8-3-9-25-41)51-33-16-12-29-46(51)58/h1-37H. The van der Waals surface area contributed by atoms with Gasteiger partial charge in [0.25, 0.3) is 0 Å². The van der Waals surface area contributed by atoms with Crippen LogP contribution in [0.15, 0.2) is 234 Å². The summed E-state index contributed by atoms with van der Waals surface area (Å²) in [6, 6.07) is 80.5. The number of hydrogen-bond acceptors (Lipinski definition) is 5. The van der Waals surface area contributed by atoms with Gasteiger partial charge in [0, 0.05) is 48.6 Å². The monoisotopic (exact) mass is 835 g/mol. The molecule has 6 heteroatoms. The van der Waals surface area contributed by atoms with Crippen LogP contribution in [0, 0.1) is 0 Å². The Hall–Kier alpha value is -8.06. The lowest BCUT2D eigenvalue weighted by Crippen LogP contribution is -2.39. The molecule has 4 heterocycles. The summed E-state index contributed by atoms with van der Waals surface area (Å²) in [4.78, 5) is 20.2. The smallest absolute Gasteiger partial charge is 0.164 e. The summed E-state index contributed by atoms with van der Waals surface area (Å²) >= 11 is 1.88. The number of fused-ring (bicyclic) bond motifs is 12. The molecule has 9 aromatic carbocycles. The fourth-order valence-corrected chi connectivity index (χ4v) is 11.5. The van der Waals surface area contributed by atoms with E-state index in [4.69, 9.17) is 15.0 Å². The van der Waals surface area contributed by atoms with Crippen molar-refractivity contribution in [2.45, 2.75) is 15.2 Å².